The van der Waals surface area contributed by atoms with Crippen LogP contribution in [-0.2, 0) is 14.3 Å². The van der Waals surface area contributed by atoms with Gasteiger partial charge in [0.15, 0.2) is 0 Å². The lowest BCUT2D eigenvalue weighted by molar-refractivity contribution is -0.139. The summed E-state index contributed by atoms with van der Waals surface area (Å²) in [6, 6.07) is -0.833. The minimum Gasteiger partial charge on any atom is -0.481 e. The Labute approximate surface area is 123 Å². The van der Waals surface area contributed by atoms with Crippen LogP contribution in [0, 0.1) is 0 Å². The van der Waals surface area contributed by atoms with Gasteiger partial charge in [-0.15, -0.1) is 0 Å². The summed E-state index contributed by atoms with van der Waals surface area (Å²) in [6.45, 7) is 0.610. The van der Waals surface area contributed by atoms with E-state index in [9.17, 15) is 14.4 Å². The first-order valence-electron chi connectivity index (χ1n) is 7.00. The number of carbonyl (C=O) groups is 3. The van der Waals surface area contributed by atoms with Crippen LogP contribution in [0.3, 0.4) is 0 Å². The molecule has 1 heterocycles. The van der Waals surface area contributed by atoms with E-state index < -0.39 is 18.1 Å². The summed E-state index contributed by atoms with van der Waals surface area (Å²) >= 11 is 0. The third-order valence-corrected chi connectivity index (χ3v) is 3.53. The van der Waals surface area contributed by atoms with Crippen LogP contribution in [-0.4, -0.2) is 67.3 Å². The number of aliphatic carboxylic acids is 1. The largest absolute Gasteiger partial charge is 0.481 e. The molecule has 8 nitrogen and oxygen atoms in total. The second kappa shape index (κ2) is 8.46. The van der Waals surface area contributed by atoms with E-state index in [0.717, 1.165) is 12.8 Å². The Morgan fingerprint density at radius 1 is 1.38 bits per heavy atom. The molecule has 0 radical (unpaired) electrons. The molecule has 2 unspecified atom stereocenters. The maximum Gasteiger partial charge on any atom is 0.318 e. The number of nitrogens with zero attached hydrogens (tertiary/aromatic N) is 1. The first-order chi connectivity index (χ1) is 9.99. The Kier molecular flexibility index (Phi) is 6.93. The summed E-state index contributed by atoms with van der Waals surface area (Å²) in [6.07, 6.45) is 1.62. The van der Waals surface area contributed by atoms with Gasteiger partial charge in [-0.3, -0.25) is 9.59 Å². The number of amides is 3. The summed E-state index contributed by atoms with van der Waals surface area (Å²) < 4.78 is 5.00. The van der Waals surface area contributed by atoms with Gasteiger partial charge >= 0.3 is 12.0 Å². The Morgan fingerprint density at radius 2 is 2.10 bits per heavy atom. The van der Waals surface area contributed by atoms with Crippen molar-refractivity contribution in [3.8, 4) is 0 Å². The average molecular weight is 301 g/mol. The van der Waals surface area contributed by atoms with Gasteiger partial charge in [-0.1, -0.05) is 0 Å². The molecule has 1 aliphatic rings. The lowest BCUT2D eigenvalue weighted by atomic mass is 10.0. The zero-order valence-electron chi connectivity index (χ0n) is 12.4. The molecule has 1 fully saturated rings. The third kappa shape index (κ3) is 5.22. The number of carboxylic acid groups (broad SMARTS) is 1. The molecule has 0 bridgehead atoms. The van der Waals surface area contributed by atoms with Crippen LogP contribution in [0.15, 0.2) is 0 Å². The van der Waals surface area contributed by atoms with Gasteiger partial charge in [0.05, 0.1) is 12.5 Å². The lowest BCUT2D eigenvalue weighted by Gasteiger charge is -2.34. The molecule has 2 atom stereocenters. The third-order valence-electron chi connectivity index (χ3n) is 3.53. The normalized spacial score (nSPS) is 19.7. The molecular weight excluding hydrogens is 278 g/mol. The number of urea groups is 1. The fourth-order valence-electron chi connectivity index (χ4n) is 2.35. The molecule has 0 aliphatic carbocycles. The molecule has 1 rings (SSSR count). The number of rotatable bonds is 6. The van der Waals surface area contributed by atoms with Crippen LogP contribution in [0.25, 0.3) is 0 Å². The van der Waals surface area contributed by atoms with Crippen molar-refractivity contribution in [1.29, 1.82) is 0 Å². The zero-order chi connectivity index (χ0) is 15.8. The summed E-state index contributed by atoms with van der Waals surface area (Å²) in [7, 11) is 2.94. The van der Waals surface area contributed by atoms with E-state index in [0.29, 0.717) is 13.0 Å². The van der Waals surface area contributed by atoms with Crippen molar-refractivity contribution in [3.63, 3.8) is 0 Å². The second-order valence-corrected chi connectivity index (χ2v) is 4.96. The fourth-order valence-corrected chi connectivity index (χ4v) is 2.35. The van der Waals surface area contributed by atoms with E-state index in [1.54, 1.807) is 7.05 Å². The van der Waals surface area contributed by atoms with Gasteiger partial charge in [0, 0.05) is 27.2 Å². The van der Waals surface area contributed by atoms with Crippen molar-refractivity contribution in [1.82, 2.24) is 15.5 Å². The molecule has 1 aliphatic heterocycles. The van der Waals surface area contributed by atoms with Crippen LogP contribution < -0.4 is 10.6 Å². The summed E-state index contributed by atoms with van der Waals surface area (Å²) in [5, 5.41) is 13.9. The number of carboxylic acids is 1. The van der Waals surface area contributed by atoms with Crippen molar-refractivity contribution < 1.29 is 24.2 Å². The van der Waals surface area contributed by atoms with E-state index in [1.807, 2.05) is 0 Å². The van der Waals surface area contributed by atoms with E-state index in [2.05, 4.69) is 10.6 Å². The second-order valence-electron chi connectivity index (χ2n) is 4.96. The highest BCUT2D eigenvalue weighted by atomic mass is 16.5. The van der Waals surface area contributed by atoms with E-state index >= 15 is 0 Å². The molecule has 120 valence electrons. The Balaban J connectivity index is 2.55. The Morgan fingerprint density at radius 3 is 2.67 bits per heavy atom. The van der Waals surface area contributed by atoms with E-state index in [-0.39, 0.29) is 24.9 Å². The standard InChI is InChI=1S/C13H23N3O5/c1-14-12(19)10-5-3-4-6-16(10)13(20)15-8-9(21-2)7-11(17)18/h9-10H,3-8H2,1-2H3,(H,14,19)(H,15,20)(H,17,18). The molecule has 3 N–H and O–H groups in total. The number of carbonyl (C=O) groups excluding carboxylic acids is 2. The van der Waals surface area contributed by atoms with Crippen molar-refractivity contribution in [2.45, 2.75) is 37.8 Å². The molecule has 0 spiro atoms. The first-order valence-corrected chi connectivity index (χ1v) is 7.00. The van der Waals surface area contributed by atoms with Gasteiger partial charge < -0.3 is 25.4 Å². The van der Waals surface area contributed by atoms with E-state index in [4.69, 9.17) is 9.84 Å². The number of likely N-dealkylation sites (tertiary alicyclic amines) is 1. The van der Waals surface area contributed by atoms with Crippen molar-refractivity contribution in [3.05, 3.63) is 0 Å². The fraction of sp³-hybridized carbons (Fsp3) is 0.769. The maximum atomic E-state index is 12.2. The molecule has 1 saturated heterocycles. The molecule has 0 aromatic carbocycles. The minimum absolute atomic E-state index is 0.0958. The van der Waals surface area contributed by atoms with Crippen molar-refractivity contribution in [2.75, 3.05) is 27.2 Å². The highest BCUT2D eigenvalue weighted by Gasteiger charge is 2.31. The van der Waals surface area contributed by atoms with Gasteiger partial charge in [0.2, 0.25) is 5.91 Å². The predicted molar refractivity (Wildman–Crippen MR) is 74.9 cm³/mol. The summed E-state index contributed by atoms with van der Waals surface area (Å²) in [5.74, 6) is -1.17. The van der Waals surface area contributed by atoms with Crippen LogP contribution in [0.5, 0.6) is 0 Å². The number of likely N-dealkylation sites (N-methyl/N-ethyl adjacent to an activating group) is 1. The quantitative estimate of drug-likeness (QED) is 0.629. The summed E-state index contributed by atoms with van der Waals surface area (Å²) in [5.41, 5.74) is 0. The Hall–Kier alpha value is -1.83. The highest BCUT2D eigenvalue weighted by molar-refractivity contribution is 5.87. The molecule has 0 saturated carbocycles. The number of methoxy groups -OCH3 is 1. The van der Waals surface area contributed by atoms with Crippen LogP contribution >= 0.6 is 0 Å². The average Bonchev–Trinajstić information content (AvgIpc) is 2.49. The van der Waals surface area contributed by atoms with E-state index in [1.165, 1.54) is 12.0 Å². The number of hydrogen-bond donors (Lipinski definition) is 3. The highest BCUT2D eigenvalue weighted by Crippen LogP contribution is 2.17. The zero-order valence-corrected chi connectivity index (χ0v) is 12.4. The smallest absolute Gasteiger partial charge is 0.318 e. The molecule has 21 heavy (non-hydrogen) atoms. The number of ether oxygens (including phenoxy) is 1. The van der Waals surface area contributed by atoms with Crippen molar-refractivity contribution >= 4 is 17.9 Å². The maximum absolute atomic E-state index is 12.2. The topological polar surface area (TPSA) is 108 Å². The minimum atomic E-state index is -0.989. The molecule has 3 amide bonds. The molecular formula is C13H23N3O5. The van der Waals surface area contributed by atoms with Gasteiger partial charge in [0.25, 0.3) is 0 Å². The van der Waals surface area contributed by atoms with Gasteiger partial charge in [-0.2, -0.15) is 0 Å². The summed E-state index contributed by atoms with van der Waals surface area (Å²) in [4.78, 5) is 36.1. The van der Waals surface area contributed by atoms with Gasteiger partial charge in [0.1, 0.15) is 6.04 Å². The van der Waals surface area contributed by atoms with Crippen LogP contribution in [0.1, 0.15) is 25.7 Å². The molecule has 0 aromatic heterocycles. The van der Waals surface area contributed by atoms with Gasteiger partial charge in [-0.25, -0.2) is 4.79 Å². The van der Waals surface area contributed by atoms with Crippen molar-refractivity contribution in [2.24, 2.45) is 0 Å². The SMILES string of the molecule is CNC(=O)C1CCCCN1C(=O)NCC(CC(=O)O)OC. The number of piperidine rings is 1. The first kappa shape index (κ1) is 17.2. The molecule has 0 aromatic rings. The van der Waals surface area contributed by atoms with Gasteiger partial charge in [-0.05, 0) is 19.3 Å². The monoisotopic (exact) mass is 301 g/mol. The lowest BCUT2D eigenvalue weighted by Crippen LogP contribution is -2.55. The number of nitrogens with one attached hydrogen (secondary N) is 2. The van der Waals surface area contributed by atoms with Crippen LogP contribution in [0.4, 0.5) is 4.79 Å². The van der Waals surface area contributed by atoms with Crippen LogP contribution in [0.2, 0.25) is 0 Å². The number of hydrogen-bond acceptors (Lipinski definition) is 4. The Bertz CT molecular complexity index is 388. The predicted octanol–water partition coefficient (Wildman–Crippen LogP) is -0.214. The molecule has 8 heteroatoms.